The zero-order valence-electron chi connectivity index (χ0n) is 16.4. The lowest BCUT2D eigenvalue weighted by molar-refractivity contribution is -0.116. The van der Waals surface area contributed by atoms with Gasteiger partial charge >= 0.3 is 0 Å². The van der Waals surface area contributed by atoms with Crippen LogP contribution in [0.15, 0.2) is 29.3 Å². The fourth-order valence-corrected chi connectivity index (χ4v) is 5.25. The molecule has 1 aliphatic carbocycles. The first-order valence-electron chi connectivity index (χ1n) is 10.0. The van der Waals surface area contributed by atoms with Crippen molar-refractivity contribution in [2.24, 2.45) is 0 Å². The normalized spacial score (nSPS) is 13.5. The number of hydrogen-bond donors (Lipinski definition) is 1. The number of nitrogens with zero attached hydrogens (tertiary/aromatic N) is 2. The van der Waals surface area contributed by atoms with Gasteiger partial charge in [-0.15, -0.1) is 11.3 Å². The van der Waals surface area contributed by atoms with E-state index in [1.807, 2.05) is 18.2 Å². The van der Waals surface area contributed by atoms with E-state index >= 15 is 0 Å². The van der Waals surface area contributed by atoms with Crippen molar-refractivity contribution in [1.82, 2.24) is 9.55 Å². The molecule has 3 aromatic rings. The number of rotatable bonds is 5. The van der Waals surface area contributed by atoms with E-state index in [0.29, 0.717) is 0 Å². The van der Waals surface area contributed by atoms with Gasteiger partial charge in [-0.2, -0.15) is 0 Å². The van der Waals surface area contributed by atoms with Crippen LogP contribution in [0.1, 0.15) is 48.3 Å². The molecule has 0 unspecified atom stereocenters. The Hall–Kier alpha value is -2.47. The highest BCUT2D eigenvalue weighted by Crippen LogP contribution is 2.33. The molecular formula is C22H25N3O2S. The second-order valence-electron chi connectivity index (χ2n) is 7.28. The number of aromatic nitrogens is 2. The average molecular weight is 396 g/mol. The Morgan fingerprint density at radius 3 is 2.61 bits per heavy atom. The van der Waals surface area contributed by atoms with Crippen molar-refractivity contribution >= 4 is 33.1 Å². The van der Waals surface area contributed by atoms with E-state index in [1.54, 1.807) is 11.3 Å². The molecule has 1 N–H and O–H groups in total. The SMILES string of the molecule is CCc1cccc(CC)c1NC(=O)Cn1cnc2sc3c(c2c1=O)CCCC3. The summed E-state index contributed by atoms with van der Waals surface area (Å²) in [4.78, 5) is 32.4. The number of benzene rings is 1. The second kappa shape index (κ2) is 7.87. The van der Waals surface area contributed by atoms with Gasteiger partial charge in [-0.1, -0.05) is 32.0 Å². The number of thiophene rings is 1. The van der Waals surface area contributed by atoms with Crippen LogP contribution in [0.2, 0.25) is 0 Å². The number of aryl methyl sites for hydroxylation is 4. The highest BCUT2D eigenvalue weighted by atomic mass is 32.1. The molecule has 146 valence electrons. The highest BCUT2D eigenvalue weighted by Gasteiger charge is 2.20. The molecule has 5 nitrogen and oxygen atoms in total. The molecule has 28 heavy (non-hydrogen) atoms. The summed E-state index contributed by atoms with van der Waals surface area (Å²) < 4.78 is 1.44. The molecule has 0 radical (unpaired) electrons. The summed E-state index contributed by atoms with van der Waals surface area (Å²) in [5, 5.41) is 3.76. The van der Waals surface area contributed by atoms with Crippen LogP contribution in [0.25, 0.3) is 10.2 Å². The van der Waals surface area contributed by atoms with Crippen LogP contribution in [0, 0.1) is 0 Å². The average Bonchev–Trinajstić information content (AvgIpc) is 3.09. The number of carbonyl (C=O) groups is 1. The minimum absolute atomic E-state index is 0.0202. The van der Waals surface area contributed by atoms with Crippen molar-refractivity contribution in [2.75, 3.05) is 5.32 Å². The van der Waals surface area contributed by atoms with Gasteiger partial charge in [0.1, 0.15) is 11.4 Å². The van der Waals surface area contributed by atoms with Crippen LogP contribution < -0.4 is 10.9 Å². The molecular weight excluding hydrogens is 370 g/mol. The molecule has 1 amide bonds. The van der Waals surface area contributed by atoms with Gasteiger partial charge in [0.2, 0.25) is 5.91 Å². The predicted octanol–water partition coefficient (Wildman–Crippen LogP) is 4.10. The summed E-state index contributed by atoms with van der Waals surface area (Å²) in [6.07, 6.45) is 7.46. The first-order chi connectivity index (χ1) is 13.6. The Labute approximate surface area is 168 Å². The third kappa shape index (κ3) is 3.37. The van der Waals surface area contributed by atoms with Gasteiger partial charge < -0.3 is 5.32 Å². The maximum atomic E-state index is 13.0. The van der Waals surface area contributed by atoms with Crippen molar-refractivity contribution in [3.63, 3.8) is 0 Å². The molecule has 0 fully saturated rings. The van der Waals surface area contributed by atoms with Crippen LogP contribution in [0.4, 0.5) is 5.69 Å². The van der Waals surface area contributed by atoms with Crippen LogP contribution in [0.5, 0.6) is 0 Å². The number of amides is 1. The van der Waals surface area contributed by atoms with Crippen molar-refractivity contribution < 1.29 is 4.79 Å². The van der Waals surface area contributed by atoms with Crippen LogP contribution in [-0.2, 0) is 37.0 Å². The highest BCUT2D eigenvalue weighted by molar-refractivity contribution is 7.18. The van der Waals surface area contributed by atoms with Crippen molar-refractivity contribution in [3.05, 3.63) is 56.4 Å². The van der Waals surface area contributed by atoms with Crippen LogP contribution in [0.3, 0.4) is 0 Å². The zero-order chi connectivity index (χ0) is 19.7. The summed E-state index contributed by atoms with van der Waals surface area (Å²) in [5.41, 5.74) is 4.16. The lowest BCUT2D eigenvalue weighted by Gasteiger charge is -2.15. The van der Waals surface area contributed by atoms with Gasteiger partial charge in [0.15, 0.2) is 0 Å². The third-order valence-electron chi connectivity index (χ3n) is 5.52. The van der Waals surface area contributed by atoms with Crippen molar-refractivity contribution in [1.29, 1.82) is 0 Å². The van der Waals surface area contributed by atoms with E-state index in [4.69, 9.17) is 0 Å². The molecule has 1 aliphatic rings. The van der Waals surface area contributed by atoms with E-state index in [9.17, 15) is 9.59 Å². The zero-order valence-corrected chi connectivity index (χ0v) is 17.2. The van der Waals surface area contributed by atoms with Crippen LogP contribution >= 0.6 is 11.3 Å². The molecule has 0 bridgehead atoms. The molecule has 1 aromatic carbocycles. The second-order valence-corrected chi connectivity index (χ2v) is 8.36. The summed E-state index contributed by atoms with van der Waals surface area (Å²) in [7, 11) is 0. The van der Waals surface area contributed by atoms with Crippen molar-refractivity contribution in [3.8, 4) is 0 Å². The molecule has 4 rings (SSSR count). The van der Waals surface area contributed by atoms with Gasteiger partial charge in [0.05, 0.1) is 11.7 Å². The molecule has 2 heterocycles. The minimum atomic E-state index is -0.192. The minimum Gasteiger partial charge on any atom is -0.324 e. The Balaban J connectivity index is 1.63. The van der Waals surface area contributed by atoms with Crippen LogP contribution in [-0.4, -0.2) is 15.5 Å². The first-order valence-corrected chi connectivity index (χ1v) is 10.8. The predicted molar refractivity (Wildman–Crippen MR) is 114 cm³/mol. The smallest absolute Gasteiger partial charge is 0.262 e. The Morgan fingerprint density at radius 1 is 1.18 bits per heavy atom. The Kier molecular flexibility index (Phi) is 5.31. The first kappa shape index (κ1) is 18.9. The topological polar surface area (TPSA) is 64.0 Å². The molecule has 0 aliphatic heterocycles. The van der Waals surface area contributed by atoms with Gasteiger partial charge in [0.25, 0.3) is 5.56 Å². The molecule has 0 spiro atoms. The maximum absolute atomic E-state index is 13.0. The summed E-state index contributed by atoms with van der Waals surface area (Å²) in [5.74, 6) is -0.192. The third-order valence-corrected chi connectivity index (χ3v) is 6.72. The number of nitrogens with one attached hydrogen (secondary N) is 1. The van der Waals surface area contributed by atoms with E-state index in [-0.39, 0.29) is 18.0 Å². The molecule has 2 aromatic heterocycles. The fourth-order valence-electron chi connectivity index (χ4n) is 4.03. The van der Waals surface area contributed by atoms with E-state index in [0.717, 1.165) is 64.7 Å². The number of hydrogen-bond acceptors (Lipinski definition) is 4. The summed E-state index contributed by atoms with van der Waals surface area (Å²) in [6.45, 7) is 4.13. The molecule has 0 saturated heterocycles. The van der Waals surface area contributed by atoms with Gasteiger partial charge in [-0.3, -0.25) is 14.2 Å². The quantitative estimate of drug-likeness (QED) is 0.707. The van der Waals surface area contributed by atoms with Gasteiger partial charge in [-0.25, -0.2) is 4.98 Å². The summed E-state index contributed by atoms with van der Waals surface area (Å²) >= 11 is 1.63. The van der Waals surface area contributed by atoms with E-state index in [1.165, 1.54) is 22.2 Å². The Morgan fingerprint density at radius 2 is 1.89 bits per heavy atom. The lowest BCUT2D eigenvalue weighted by Crippen LogP contribution is -2.28. The molecule has 0 atom stereocenters. The number of para-hydroxylation sites is 1. The standard InChI is InChI=1S/C22H25N3O2S/c1-3-14-8-7-9-15(4-2)20(14)24-18(26)12-25-13-23-21-19(22(25)27)16-10-5-6-11-17(16)28-21/h7-9,13H,3-6,10-12H2,1-2H3,(H,24,26). The maximum Gasteiger partial charge on any atom is 0.262 e. The number of anilines is 1. The van der Waals surface area contributed by atoms with Gasteiger partial charge in [-0.05, 0) is 55.2 Å². The Bertz CT molecular complexity index is 1070. The monoisotopic (exact) mass is 395 g/mol. The molecule has 0 saturated carbocycles. The summed E-state index contributed by atoms with van der Waals surface area (Å²) in [6, 6.07) is 6.09. The largest absolute Gasteiger partial charge is 0.324 e. The van der Waals surface area contributed by atoms with Crippen molar-refractivity contribution in [2.45, 2.75) is 58.9 Å². The fraction of sp³-hybridized carbons (Fsp3) is 0.409. The van der Waals surface area contributed by atoms with Gasteiger partial charge in [0, 0.05) is 10.6 Å². The van der Waals surface area contributed by atoms with E-state index < -0.39 is 0 Å². The van der Waals surface area contributed by atoms with E-state index in [2.05, 4.69) is 24.1 Å². The number of fused-ring (bicyclic) bond motifs is 3. The molecule has 6 heteroatoms. The number of carbonyl (C=O) groups excluding carboxylic acids is 1. The lowest BCUT2D eigenvalue weighted by atomic mass is 9.97.